The quantitative estimate of drug-likeness (QED) is 0.881. The van der Waals surface area contributed by atoms with E-state index >= 15 is 0 Å². The highest BCUT2D eigenvalue weighted by atomic mass is 19.4. The zero-order chi connectivity index (χ0) is 13.3. The van der Waals surface area contributed by atoms with E-state index < -0.39 is 24.2 Å². The van der Waals surface area contributed by atoms with Gasteiger partial charge in [-0.25, -0.2) is 0 Å². The summed E-state index contributed by atoms with van der Waals surface area (Å²) in [5.41, 5.74) is 0.00690. The summed E-state index contributed by atoms with van der Waals surface area (Å²) in [5, 5.41) is 9.30. The molecule has 2 unspecified atom stereocenters. The van der Waals surface area contributed by atoms with E-state index in [4.69, 9.17) is 0 Å². The minimum atomic E-state index is -4.55. The number of benzene rings is 1. The number of carbonyl (C=O) groups excluding carboxylic acids is 1. The standard InChI is InChI=1S/C12H12F3NO2/c13-12(14,15)11(8-4-2-1-3-5-8)16-7-9(17)6-10(16)18/h1-5,9,11,17H,6-7H2. The molecule has 1 saturated heterocycles. The Kier molecular flexibility index (Phi) is 3.30. The van der Waals surface area contributed by atoms with Gasteiger partial charge in [-0.1, -0.05) is 30.3 Å². The number of rotatable bonds is 2. The molecule has 1 amide bonds. The Hall–Kier alpha value is -1.56. The van der Waals surface area contributed by atoms with Crippen molar-refractivity contribution in [3.05, 3.63) is 35.9 Å². The molecular formula is C12H12F3NO2. The molecule has 1 heterocycles. The lowest BCUT2D eigenvalue weighted by molar-refractivity contribution is -0.189. The molecule has 1 fully saturated rings. The van der Waals surface area contributed by atoms with E-state index in [1.807, 2.05) is 0 Å². The van der Waals surface area contributed by atoms with Crippen LogP contribution in [-0.4, -0.2) is 34.7 Å². The molecule has 1 N–H and O–H groups in total. The first kappa shape index (κ1) is 12.9. The van der Waals surface area contributed by atoms with Crippen molar-refractivity contribution in [2.24, 2.45) is 0 Å². The molecule has 18 heavy (non-hydrogen) atoms. The van der Waals surface area contributed by atoms with E-state index in [0.717, 1.165) is 0 Å². The summed E-state index contributed by atoms with van der Waals surface area (Å²) in [5.74, 6) is -0.673. The van der Waals surface area contributed by atoms with Crippen LogP contribution in [0.2, 0.25) is 0 Å². The number of hydrogen-bond acceptors (Lipinski definition) is 2. The molecule has 1 aromatic carbocycles. The van der Waals surface area contributed by atoms with Crippen molar-refractivity contribution in [1.29, 1.82) is 0 Å². The van der Waals surface area contributed by atoms with E-state index in [2.05, 4.69) is 0 Å². The summed E-state index contributed by atoms with van der Waals surface area (Å²) in [6.07, 6.45) is -5.83. The minimum absolute atomic E-state index is 0.00690. The van der Waals surface area contributed by atoms with E-state index in [1.165, 1.54) is 24.3 Å². The first-order chi connectivity index (χ1) is 8.39. The van der Waals surface area contributed by atoms with Crippen LogP contribution in [0.1, 0.15) is 18.0 Å². The highest BCUT2D eigenvalue weighted by Crippen LogP contribution is 2.39. The first-order valence-electron chi connectivity index (χ1n) is 5.49. The number of halogens is 3. The lowest BCUT2D eigenvalue weighted by Crippen LogP contribution is -2.39. The Morgan fingerprint density at radius 1 is 1.28 bits per heavy atom. The maximum atomic E-state index is 13.1. The van der Waals surface area contributed by atoms with Crippen LogP contribution in [0.4, 0.5) is 13.2 Å². The lowest BCUT2D eigenvalue weighted by Gasteiger charge is -2.30. The highest BCUT2D eigenvalue weighted by Gasteiger charge is 2.48. The van der Waals surface area contributed by atoms with Gasteiger partial charge >= 0.3 is 6.18 Å². The average molecular weight is 259 g/mol. The second-order valence-corrected chi connectivity index (χ2v) is 4.26. The van der Waals surface area contributed by atoms with Gasteiger partial charge in [0.2, 0.25) is 5.91 Å². The molecule has 2 atom stereocenters. The van der Waals surface area contributed by atoms with Gasteiger partial charge in [0.25, 0.3) is 0 Å². The van der Waals surface area contributed by atoms with Crippen molar-refractivity contribution in [2.45, 2.75) is 24.7 Å². The van der Waals surface area contributed by atoms with Crippen molar-refractivity contribution in [3.63, 3.8) is 0 Å². The minimum Gasteiger partial charge on any atom is -0.391 e. The molecule has 3 nitrogen and oxygen atoms in total. The third-order valence-electron chi connectivity index (χ3n) is 2.88. The molecule has 2 rings (SSSR count). The monoisotopic (exact) mass is 259 g/mol. The molecular weight excluding hydrogens is 247 g/mol. The zero-order valence-electron chi connectivity index (χ0n) is 9.39. The van der Waals surface area contributed by atoms with Gasteiger partial charge < -0.3 is 10.0 Å². The Labute approximate surface area is 102 Å². The van der Waals surface area contributed by atoms with Crippen LogP contribution < -0.4 is 0 Å². The summed E-state index contributed by atoms with van der Waals surface area (Å²) in [6, 6.07) is 5.27. The fourth-order valence-electron chi connectivity index (χ4n) is 2.14. The van der Waals surface area contributed by atoms with Gasteiger partial charge in [0.05, 0.1) is 12.5 Å². The topological polar surface area (TPSA) is 40.5 Å². The van der Waals surface area contributed by atoms with Gasteiger partial charge in [-0.2, -0.15) is 13.2 Å². The number of amides is 1. The maximum absolute atomic E-state index is 13.1. The average Bonchev–Trinajstić information content (AvgIpc) is 2.58. The fraction of sp³-hybridized carbons (Fsp3) is 0.417. The van der Waals surface area contributed by atoms with Gasteiger partial charge in [0.15, 0.2) is 6.04 Å². The third-order valence-corrected chi connectivity index (χ3v) is 2.88. The van der Waals surface area contributed by atoms with Gasteiger partial charge in [-0.3, -0.25) is 4.79 Å². The molecule has 98 valence electrons. The second-order valence-electron chi connectivity index (χ2n) is 4.26. The van der Waals surface area contributed by atoms with Crippen molar-refractivity contribution in [1.82, 2.24) is 4.90 Å². The summed E-state index contributed by atoms with van der Waals surface area (Å²) >= 11 is 0. The molecule has 0 aliphatic carbocycles. The van der Waals surface area contributed by atoms with Gasteiger partial charge in [0.1, 0.15) is 0 Å². The Morgan fingerprint density at radius 3 is 2.33 bits per heavy atom. The Bertz CT molecular complexity index is 433. The predicted octanol–water partition coefficient (Wildman–Crippen LogP) is 1.88. The van der Waals surface area contributed by atoms with Crippen LogP contribution in [0.3, 0.4) is 0 Å². The van der Waals surface area contributed by atoms with Crippen LogP contribution in [0.25, 0.3) is 0 Å². The molecule has 1 aromatic rings. The van der Waals surface area contributed by atoms with Crippen molar-refractivity contribution < 1.29 is 23.1 Å². The fourth-order valence-corrected chi connectivity index (χ4v) is 2.14. The molecule has 0 spiro atoms. The van der Waals surface area contributed by atoms with Crippen molar-refractivity contribution >= 4 is 5.91 Å². The number of alkyl halides is 3. The molecule has 0 aromatic heterocycles. The van der Waals surface area contributed by atoms with Crippen LogP contribution in [-0.2, 0) is 4.79 Å². The number of aliphatic hydroxyl groups excluding tert-OH is 1. The Morgan fingerprint density at radius 2 is 1.89 bits per heavy atom. The van der Waals surface area contributed by atoms with Crippen LogP contribution in [0, 0.1) is 0 Å². The summed E-state index contributed by atoms with van der Waals surface area (Å²) in [6.45, 7) is -0.280. The number of hydrogen-bond donors (Lipinski definition) is 1. The number of aliphatic hydroxyl groups is 1. The number of carbonyl (C=O) groups is 1. The molecule has 0 saturated carbocycles. The number of nitrogens with zero attached hydrogens (tertiary/aromatic N) is 1. The highest BCUT2D eigenvalue weighted by molar-refractivity contribution is 5.79. The summed E-state index contributed by atoms with van der Waals surface area (Å²) in [7, 11) is 0. The van der Waals surface area contributed by atoms with Gasteiger partial charge in [-0.05, 0) is 5.56 Å². The summed E-state index contributed by atoms with van der Waals surface area (Å²) < 4.78 is 39.2. The lowest BCUT2D eigenvalue weighted by atomic mass is 10.1. The second kappa shape index (κ2) is 4.61. The van der Waals surface area contributed by atoms with E-state index in [9.17, 15) is 23.1 Å². The Balaban J connectivity index is 2.36. The van der Waals surface area contributed by atoms with E-state index in [1.54, 1.807) is 6.07 Å². The van der Waals surface area contributed by atoms with Crippen LogP contribution >= 0.6 is 0 Å². The smallest absolute Gasteiger partial charge is 0.391 e. The number of likely N-dealkylation sites (tertiary alicyclic amines) is 1. The van der Waals surface area contributed by atoms with Crippen LogP contribution in [0.5, 0.6) is 0 Å². The molecule has 0 bridgehead atoms. The van der Waals surface area contributed by atoms with Crippen molar-refractivity contribution in [3.8, 4) is 0 Å². The number of β-amino-alcohol motifs (C(OH)–C–C–N with tert-alkyl or cyclic N) is 1. The molecule has 1 aliphatic heterocycles. The molecule has 6 heteroatoms. The largest absolute Gasteiger partial charge is 0.413 e. The van der Waals surface area contributed by atoms with E-state index in [0.29, 0.717) is 4.90 Å². The third kappa shape index (κ3) is 2.48. The van der Waals surface area contributed by atoms with E-state index in [-0.39, 0.29) is 18.5 Å². The van der Waals surface area contributed by atoms with Crippen molar-refractivity contribution in [2.75, 3.05) is 6.54 Å². The van der Waals surface area contributed by atoms with Gasteiger partial charge in [-0.15, -0.1) is 0 Å². The predicted molar refractivity (Wildman–Crippen MR) is 57.6 cm³/mol. The maximum Gasteiger partial charge on any atom is 0.413 e. The first-order valence-corrected chi connectivity index (χ1v) is 5.49. The van der Waals surface area contributed by atoms with Crippen LogP contribution in [0.15, 0.2) is 30.3 Å². The molecule has 1 aliphatic rings. The zero-order valence-corrected chi connectivity index (χ0v) is 9.39. The van der Waals surface area contributed by atoms with Gasteiger partial charge in [0, 0.05) is 6.54 Å². The summed E-state index contributed by atoms with van der Waals surface area (Å²) in [4.78, 5) is 12.2. The SMILES string of the molecule is O=C1CC(O)CN1C(c1ccccc1)C(F)(F)F. The molecule has 0 radical (unpaired) electrons. The normalized spacial score (nSPS) is 22.3.